The van der Waals surface area contributed by atoms with Crippen LogP contribution in [-0.2, 0) is 6.73 Å². The van der Waals surface area contributed by atoms with Crippen LogP contribution in [0.1, 0.15) is 62.4 Å². The fourth-order valence-electron chi connectivity index (χ4n) is 6.81. The number of nitrogens with zero attached hydrogens (tertiary/aromatic N) is 2. The first kappa shape index (κ1) is 21.3. The van der Waals surface area contributed by atoms with Crippen LogP contribution in [0, 0.1) is 23.2 Å². The van der Waals surface area contributed by atoms with Crippen molar-refractivity contribution in [3.8, 4) is 5.75 Å². The predicted octanol–water partition coefficient (Wildman–Crippen LogP) is 6.06. The molecule has 2 aromatic rings. The van der Waals surface area contributed by atoms with E-state index in [4.69, 9.17) is 16.3 Å². The first-order valence-electron chi connectivity index (χ1n) is 11.4. The van der Waals surface area contributed by atoms with E-state index >= 15 is 0 Å². The summed E-state index contributed by atoms with van der Waals surface area (Å²) in [6, 6.07) is 7.37. The average Bonchev–Trinajstić information content (AvgIpc) is 3.19. The molecular weight excluding hydrogens is 478 g/mol. The highest BCUT2D eigenvalue weighted by Crippen LogP contribution is 2.61. The minimum Gasteiger partial charge on any atom is -0.470 e. The van der Waals surface area contributed by atoms with E-state index < -0.39 is 0 Å². The first-order chi connectivity index (χ1) is 14.9. The summed E-state index contributed by atoms with van der Waals surface area (Å²) < 4.78 is 8.23. The number of aromatic nitrogens is 2. The van der Waals surface area contributed by atoms with Crippen LogP contribution >= 0.6 is 27.5 Å². The summed E-state index contributed by atoms with van der Waals surface area (Å²) in [4.78, 5) is 13.0. The van der Waals surface area contributed by atoms with Crippen LogP contribution in [-0.4, -0.2) is 21.7 Å². The van der Waals surface area contributed by atoms with E-state index in [0.717, 1.165) is 28.6 Å². The molecule has 5 nitrogen and oxygen atoms in total. The van der Waals surface area contributed by atoms with E-state index in [1.165, 1.54) is 38.5 Å². The van der Waals surface area contributed by atoms with Gasteiger partial charge in [0.15, 0.2) is 6.73 Å². The Hall–Kier alpha value is -1.53. The monoisotopic (exact) mass is 505 g/mol. The molecule has 0 spiro atoms. The maximum absolute atomic E-state index is 13.0. The molecule has 1 aromatic carbocycles. The summed E-state index contributed by atoms with van der Waals surface area (Å²) in [6.45, 7) is 2.43. The number of hydrogen-bond acceptors (Lipinski definition) is 3. The van der Waals surface area contributed by atoms with Gasteiger partial charge >= 0.3 is 0 Å². The van der Waals surface area contributed by atoms with Gasteiger partial charge < -0.3 is 10.1 Å². The summed E-state index contributed by atoms with van der Waals surface area (Å²) in [5, 5.41) is 8.45. The molecular formula is C24H29BrClN3O2. The molecule has 4 saturated carbocycles. The lowest BCUT2D eigenvalue weighted by molar-refractivity contribution is -0.0727. The fraction of sp³-hybridized carbons (Fsp3) is 0.583. The molecule has 1 amide bonds. The zero-order valence-electron chi connectivity index (χ0n) is 17.8. The Balaban J connectivity index is 1.23. The molecule has 1 unspecified atom stereocenters. The fourth-order valence-corrected chi connectivity index (χ4v) is 7.60. The Kier molecular flexibility index (Phi) is 5.80. The third kappa shape index (κ3) is 4.25. The van der Waals surface area contributed by atoms with Crippen molar-refractivity contribution in [2.75, 3.05) is 0 Å². The highest BCUT2D eigenvalue weighted by Gasteiger charge is 2.54. The second-order valence-electron chi connectivity index (χ2n) is 9.80. The predicted molar refractivity (Wildman–Crippen MR) is 124 cm³/mol. The van der Waals surface area contributed by atoms with Crippen molar-refractivity contribution in [1.29, 1.82) is 0 Å². The maximum Gasteiger partial charge on any atom is 0.272 e. The van der Waals surface area contributed by atoms with Gasteiger partial charge in [-0.25, -0.2) is 4.68 Å². The second kappa shape index (κ2) is 8.43. The van der Waals surface area contributed by atoms with Gasteiger partial charge in [0.1, 0.15) is 11.4 Å². The molecule has 1 N–H and O–H groups in total. The van der Waals surface area contributed by atoms with Crippen molar-refractivity contribution in [3.63, 3.8) is 0 Å². The number of hydrogen-bond donors (Lipinski definition) is 1. The highest BCUT2D eigenvalue weighted by atomic mass is 79.9. The lowest BCUT2D eigenvalue weighted by Crippen LogP contribution is -2.56. The molecule has 1 aromatic heterocycles. The number of rotatable bonds is 7. The molecule has 1 heterocycles. The molecule has 4 aliphatic rings. The largest absolute Gasteiger partial charge is 0.470 e. The molecule has 4 bridgehead atoms. The normalized spacial score (nSPS) is 29.7. The van der Waals surface area contributed by atoms with Crippen molar-refractivity contribution in [1.82, 2.24) is 15.1 Å². The van der Waals surface area contributed by atoms with Crippen LogP contribution in [0.15, 0.2) is 34.9 Å². The van der Waals surface area contributed by atoms with Gasteiger partial charge in [-0.15, -0.1) is 0 Å². The quantitative estimate of drug-likeness (QED) is 0.496. The van der Waals surface area contributed by atoms with Crippen LogP contribution in [0.25, 0.3) is 0 Å². The Morgan fingerprint density at radius 3 is 2.55 bits per heavy atom. The number of carbonyl (C=O) groups is 1. The maximum atomic E-state index is 13.0. The van der Waals surface area contributed by atoms with Gasteiger partial charge in [0.25, 0.3) is 5.91 Å². The molecule has 1 atom stereocenters. The van der Waals surface area contributed by atoms with E-state index in [1.54, 1.807) is 35.1 Å². The summed E-state index contributed by atoms with van der Waals surface area (Å²) in [6.07, 6.45) is 10.9. The number of carbonyl (C=O) groups excluding carboxylic acids is 1. The van der Waals surface area contributed by atoms with Crippen LogP contribution in [0.5, 0.6) is 5.75 Å². The Labute approximate surface area is 197 Å². The van der Waals surface area contributed by atoms with E-state index in [-0.39, 0.29) is 18.7 Å². The average molecular weight is 507 g/mol. The van der Waals surface area contributed by atoms with Gasteiger partial charge in [-0.1, -0.05) is 18.5 Å². The minimum absolute atomic E-state index is 0.0750. The summed E-state index contributed by atoms with van der Waals surface area (Å²) in [5.41, 5.74) is 0.744. The smallest absolute Gasteiger partial charge is 0.272 e. The first-order valence-corrected chi connectivity index (χ1v) is 12.5. The van der Waals surface area contributed by atoms with Crippen molar-refractivity contribution in [2.45, 2.75) is 64.6 Å². The minimum atomic E-state index is -0.0750. The van der Waals surface area contributed by atoms with E-state index in [1.807, 2.05) is 0 Å². The van der Waals surface area contributed by atoms with Gasteiger partial charge in [0.2, 0.25) is 0 Å². The molecule has 7 heteroatoms. The highest BCUT2D eigenvalue weighted by molar-refractivity contribution is 9.10. The molecule has 0 radical (unpaired) electrons. The molecule has 31 heavy (non-hydrogen) atoms. The van der Waals surface area contributed by atoms with Gasteiger partial charge in [0, 0.05) is 17.3 Å². The van der Waals surface area contributed by atoms with E-state index in [9.17, 15) is 4.79 Å². The second-order valence-corrected chi connectivity index (χ2v) is 11.1. The number of nitrogens with one attached hydrogen (secondary N) is 1. The molecule has 166 valence electrons. The van der Waals surface area contributed by atoms with Crippen LogP contribution in [0.4, 0.5) is 0 Å². The lowest BCUT2D eigenvalue weighted by atomic mass is 9.47. The Morgan fingerprint density at radius 1 is 1.26 bits per heavy atom. The molecule has 0 aliphatic heterocycles. The number of amides is 1. The van der Waals surface area contributed by atoms with Crippen LogP contribution in [0.3, 0.4) is 0 Å². The Bertz CT molecular complexity index is 940. The third-order valence-corrected chi connectivity index (χ3v) is 8.51. The van der Waals surface area contributed by atoms with Gasteiger partial charge in [-0.05, 0) is 108 Å². The number of benzene rings is 1. The zero-order chi connectivity index (χ0) is 21.6. The molecule has 4 aliphatic carbocycles. The van der Waals surface area contributed by atoms with Gasteiger partial charge in [-0.2, -0.15) is 5.10 Å². The van der Waals surface area contributed by atoms with Crippen LogP contribution in [0.2, 0.25) is 5.02 Å². The molecule has 0 saturated heterocycles. The van der Waals surface area contributed by atoms with Crippen LogP contribution < -0.4 is 10.1 Å². The van der Waals surface area contributed by atoms with Gasteiger partial charge in [0.05, 0.1) is 4.47 Å². The topological polar surface area (TPSA) is 56.2 Å². The Morgan fingerprint density at radius 2 is 1.94 bits per heavy atom. The SMILES string of the molecule is CCC(NC(=O)c1ccn(COc2ccc(Cl)cc2Br)n1)C12CC3CC(CC(C3)C1)C2. The summed E-state index contributed by atoms with van der Waals surface area (Å²) in [5.74, 6) is 3.23. The third-order valence-electron chi connectivity index (χ3n) is 7.66. The number of ether oxygens (including phenoxy) is 1. The van der Waals surface area contributed by atoms with Crippen molar-refractivity contribution in [3.05, 3.63) is 45.7 Å². The molecule has 6 rings (SSSR count). The van der Waals surface area contributed by atoms with Crippen molar-refractivity contribution < 1.29 is 9.53 Å². The molecule has 4 fully saturated rings. The summed E-state index contributed by atoms with van der Waals surface area (Å²) >= 11 is 9.42. The van der Waals surface area contributed by atoms with Crippen molar-refractivity contribution in [2.24, 2.45) is 23.2 Å². The van der Waals surface area contributed by atoms with E-state index in [0.29, 0.717) is 21.9 Å². The summed E-state index contributed by atoms with van der Waals surface area (Å²) in [7, 11) is 0. The lowest BCUT2D eigenvalue weighted by Gasteiger charge is -2.59. The zero-order valence-corrected chi connectivity index (χ0v) is 20.2. The standard InChI is InChI=1S/C24H29BrClN3O2/c1-2-22(24-11-15-7-16(12-24)9-17(8-15)13-24)27-23(30)20-5-6-29(28-20)14-31-21-4-3-18(26)10-19(21)25/h3-6,10,15-17,22H,2,7-9,11-14H2,1H3,(H,27,30). The van der Waals surface area contributed by atoms with E-state index in [2.05, 4.69) is 33.3 Å². The van der Waals surface area contributed by atoms with Gasteiger partial charge in [-0.3, -0.25) is 4.79 Å². The van der Waals surface area contributed by atoms with Crippen molar-refractivity contribution >= 4 is 33.4 Å². The number of halogens is 2.